The number of carbonyl (C=O) groups is 1. The van der Waals surface area contributed by atoms with Gasteiger partial charge in [-0.05, 0) is 47.8 Å². The Balaban J connectivity index is 1.25. The van der Waals surface area contributed by atoms with Gasteiger partial charge in [0.05, 0.1) is 28.1 Å². The van der Waals surface area contributed by atoms with Crippen LogP contribution < -0.4 is 5.32 Å². The summed E-state index contributed by atoms with van der Waals surface area (Å²) in [4.78, 5) is 30.8. The van der Waals surface area contributed by atoms with Crippen LogP contribution in [-0.2, 0) is 0 Å². The van der Waals surface area contributed by atoms with Gasteiger partial charge in [-0.1, -0.05) is 24.3 Å². The summed E-state index contributed by atoms with van der Waals surface area (Å²) in [6, 6.07) is 21.2. The van der Waals surface area contributed by atoms with E-state index in [2.05, 4.69) is 53.0 Å². The predicted octanol–water partition coefficient (Wildman–Crippen LogP) is 6.54. The van der Waals surface area contributed by atoms with Gasteiger partial charge >= 0.3 is 0 Å². The molecule has 0 fully saturated rings. The Bertz CT molecular complexity index is 1920. The largest absolute Gasteiger partial charge is 0.353 e. The Labute approximate surface area is 220 Å². The molecule has 0 aliphatic heterocycles. The van der Waals surface area contributed by atoms with E-state index < -0.39 is 0 Å². The van der Waals surface area contributed by atoms with Gasteiger partial charge in [0.2, 0.25) is 0 Å². The van der Waals surface area contributed by atoms with E-state index in [-0.39, 0.29) is 5.91 Å². The number of carbonyl (C=O) groups excluding carboxylic acids is 1. The third-order valence-corrected chi connectivity index (χ3v) is 7.22. The number of anilines is 1. The molecule has 38 heavy (non-hydrogen) atoms. The third kappa shape index (κ3) is 3.91. The summed E-state index contributed by atoms with van der Waals surface area (Å²) in [5, 5.41) is 14.5. The Morgan fingerprint density at radius 2 is 1.74 bits per heavy atom. The molecular weight excluding hydrogens is 494 g/mol. The lowest BCUT2D eigenvalue weighted by Crippen LogP contribution is -2.11. The molecule has 6 heterocycles. The van der Waals surface area contributed by atoms with Crippen molar-refractivity contribution in [1.82, 2.24) is 30.1 Å². The van der Waals surface area contributed by atoms with Crippen molar-refractivity contribution in [3.63, 3.8) is 0 Å². The number of pyridine rings is 3. The number of hydrogen-bond acceptors (Lipinski definition) is 6. The van der Waals surface area contributed by atoms with Crippen LogP contribution in [0, 0.1) is 0 Å². The number of nitrogens with one attached hydrogen (secondary N) is 3. The van der Waals surface area contributed by atoms with Crippen LogP contribution in [0.2, 0.25) is 0 Å². The first-order chi connectivity index (χ1) is 18.7. The van der Waals surface area contributed by atoms with Crippen LogP contribution in [0.15, 0.2) is 96.9 Å². The van der Waals surface area contributed by atoms with Crippen molar-refractivity contribution in [1.29, 1.82) is 0 Å². The maximum absolute atomic E-state index is 12.6. The summed E-state index contributed by atoms with van der Waals surface area (Å²) < 4.78 is 0. The first-order valence-corrected chi connectivity index (χ1v) is 12.8. The van der Waals surface area contributed by atoms with Crippen LogP contribution in [0.5, 0.6) is 0 Å². The van der Waals surface area contributed by atoms with E-state index in [0.29, 0.717) is 16.9 Å². The number of H-pyrrole nitrogens is 2. The van der Waals surface area contributed by atoms with E-state index >= 15 is 0 Å². The Morgan fingerprint density at radius 1 is 0.842 bits per heavy atom. The topological polar surface area (TPSA) is 112 Å². The van der Waals surface area contributed by atoms with Crippen LogP contribution in [0.4, 0.5) is 5.69 Å². The van der Waals surface area contributed by atoms with Crippen molar-refractivity contribution in [2.45, 2.75) is 0 Å². The van der Waals surface area contributed by atoms with Crippen molar-refractivity contribution in [2.75, 3.05) is 5.32 Å². The molecule has 0 radical (unpaired) electrons. The summed E-state index contributed by atoms with van der Waals surface area (Å²) >= 11 is 1.66. The van der Waals surface area contributed by atoms with Gasteiger partial charge in [0.25, 0.3) is 5.91 Å². The van der Waals surface area contributed by atoms with Crippen LogP contribution in [0.25, 0.3) is 55.0 Å². The lowest BCUT2D eigenvalue weighted by molar-refractivity contribution is 0.102. The van der Waals surface area contributed by atoms with Gasteiger partial charge in [-0.3, -0.25) is 19.9 Å². The zero-order valence-electron chi connectivity index (χ0n) is 19.8. The molecule has 0 atom stereocenters. The first kappa shape index (κ1) is 22.1. The standard InChI is InChI=1S/C29H19N7OS/c37-29(17-5-2-1-3-6-17)33-20-11-18(14-30-16-20)19-12-22-26(35-36-28(22)32-15-19)24-13-21-23(34-24)8-9-31-27(21)25-7-4-10-38-25/h1-16,34H,(H,33,37)(H,32,35,36). The van der Waals surface area contributed by atoms with E-state index in [1.807, 2.05) is 48.7 Å². The highest BCUT2D eigenvalue weighted by molar-refractivity contribution is 7.13. The molecule has 0 aliphatic carbocycles. The summed E-state index contributed by atoms with van der Waals surface area (Å²) in [5.74, 6) is -0.189. The number of thiophene rings is 1. The number of benzene rings is 1. The van der Waals surface area contributed by atoms with E-state index in [4.69, 9.17) is 0 Å². The molecule has 0 saturated heterocycles. The number of hydrogen-bond donors (Lipinski definition) is 3. The van der Waals surface area contributed by atoms with E-state index in [1.165, 1.54) is 0 Å². The summed E-state index contributed by atoms with van der Waals surface area (Å²) in [7, 11) is 0. The summed E-state index contributed by atoms with van der Waals surface area (Å²) in [6.45, 7) is 0. The summed E-state index contributed by atoms with van der Waals surface area (Å²) in [5.41, 5.74) is 7.14. The Morgan fingerprint density at radius 3 is 2.61 bits per heavy atom. The minimum absolute atomic E-state index is 0.189. The van der Waals surface area contributed by atoms with Gasteiger partial charge in [-0.25, -0.2) is 4.98 Å². The van der Waals surface area contributed by atoms with Gasteiger partial charge in [0.15, 0.2) is 5.65 Å². The molecule has 6 aromatic heterocycles. The number of aromatic nitrogens is 6. The van der Waals surface area contributed by atoms with Gasteiger partial charge in [0.1, 0.15) is 5.69 Å². The molecule has 7 rings (SSSR count). The molecule has 0 spiro atoms. The van der Waals surface area contributed by atoms with E-state index in [1.54, 1.807) is 42.1 Å². The highest BCUT2D eigenvalue weighted by Crippen LogP contribution is 2.35. The van der Waals surface area contributed by atoms with E-state index in [9.17, 15) is 4.79 Å². The second-order valence-electron chi connectivity index (χ2n) is 8.76. The number of rotatable bonds is 5. The second kappa shape index (κ2) is 9.06. The van der Waals surface area contributed by atoms with Crippen molar-refractivity contribution < 1.29 is 4.79 Å². The maximum atomic E-state index is 12.6. The number of aromatic amines is 2. The number of amides is 1. The first-order valence-electron chi connectivity index (χ1n) is 11.9. The number of nitrogens with zero attached hydrogens (tertiary/aromatic N) is 4. The molecule has 7 aromatic rings. The highest BCUT2D eigenvalue weighted by atomic mass is 32.1. The second-order valence-corrected chi connectivity index (χ2v) is 9.70. The SMILES string of the molecule is O=C(Nc1cncc(-c2cnc3[nH]nc(-c4cc5c(-c6cccs6)nccc5[nH]4)c3c2)c1)c1ccccc1. The van der Waals surface area contributed by atoms with Crippen LogP contribution >= 0.6 is 11.3 Å². The fourth-order valence-electron chi connectivity index (χ4n) is 4.52. The maximum Gasteiger partial charge on any atom is 0.255 e. The number of fused-ring (bicyclic) bond motifs is 2. The summed E-state index contributed by atoms with van der Waals surface area (Å²) in [6.07, 6.45) is 6.97. The van der Waals surface area contributed by atoms with E-state index in [0.717, 1.165) is 49.4 Å². The highest BCUT2D eigenvalue weighted by Gasteiger charge is 2.16. The van der Waals surface area contributed by atoms with Crippen molar-refractivity contribution in [2.24, 2.45) is 0 Å². The third-order valence-electron chi connectivity index (χ3n) is 6.34. The average molecular weight is 514 g/mol. The zero-order chi connectivity index (χ0) is 25.5. The van der Waals surface area contributed by atoms with Crippen molar-refractivity contribution >= 4 is 44.9 Å². The molecular formula is C29H19N7OS. The molecule has 0 bridgehead atoms. The average Bonchev–Trinajstić information content (AvgIpc) is 3.73. The van der Waals surface area contributed by atoms with Gasteiger partial charge in [-0.15, -0.1) is 11.3 Å². The molecule has 0 unspecified atom stereocenters. The van der Waals surface area contributed by atoms with Crippen LogP contribution in [0.3, 0.4) is 0 Å². The van der Waals surface area contributed by atoms with Gasteiger partial charge in [0, 0.05) is 51.6 Å². The Kier molecular flexibility index (Phi) is 5.26. The Hall–Kier alpha value is -5.15. The van der Waals surface area contributed by atoms with Crippen molar-refractivity contribution in [3.05, 3.63) is 102 Å². The molecule has 3 N–H and O–H groups in total. The fraction of sp³-hybridized carbons (Fsp3) is 0. The molecule has 182 valence electrons. The minimum Gasteiger partial charge on any atom is -0.353 e. The predicted molar refractivity (Wildman–Crippen MR) is 150 cm³/mol. The van der Waals surface area contributed by atoms with Gasteiger partial charge in [-0.2, -0.15) is 5.10 Å². The normalized spacial score (nSPS) is 11.3. The molecule has 1 amide bonds. The lowest BCUT2D eigenvalue weighted by atomic mass is 10.1. The van der Waals surface area contributed by atoms with Crippen molar-refractivity contribution in [3.8, 4) is 33.1 Å². The fourth-order valence-corrected chi connectivity index (χ4v) is 5.25. The molecule has 0 aliphatic rings. The lowest BCUT2D eigenvalue weighted by Gasteiger charge is -2.07. The molecule has 0 saturated carbocycles. The molecule has 8 nitrogen and oxygen atoms in total. The smallest absolute Gasteiger partial charge is 0.255 e. The molecule has 1 aromatic carbocycles. The molecule has 9 heteroatoms. The van der Waals surface area contributed by atoms with Gasteiger partial charge < -0.3 is 10.3 Å². The van der Waals surface area contributed by atoms with Crippen LogP contribution in [-0.4, -0.2) is 36.0 Å². The monoisotopic (exact) mass is 513 g/mol. The van der Waals surface area contributed by atoms with Crippen LogP contribution in [0.1, 0.15) is 10.4 Å². The quantitative estimate of drug-likeness (QED) is 0.242. The minimum atomic E-state index is -0.189. The zero-order valence-corrected chi connectivity index (χ0v) is 20.7.